The molecule has 0 aromatic carbocycles. The van der Waals surface area contributed by atoms with Crippen LogP contribution in [0.4, 0.5) is 0 Å². The first-order chi connectivity index (χ1) is 7.35. The minimum atomic E-state index is 0.282. The van der Waals surface area contributed by atoms with Crippen LogP contribution in [0.25, 0.3) is 0 Å². The van der Waals surface area contributed by atoms with E-state index in [-0.39, 0.29) is 6.04 Å². The molecule has 0 rings (SSSR count). The third-order valence-corrected chi connectivity index (χ3v) is 2.78. The van der Waals surface area contributed by atoms with Gasteiger partial charge in [-0.3, -0.25) is 0 Å². The first kappa shape index (κ1) is 14.5. The molecule has 15 heavy (non-hydrogen) atoms. The van der Waals surface area contributed by atoms with Crippen LogP contribution in [-0.2, 0) is 0 Å². The van der Waals surface area contributed by atoms with Gasteiger partial charge >= 0.3 is 0 Å². The summed E-state index contributed by atoms with van der Waals surface area (Å²) >= 11 is 0. The van der Waals surface area contributed by atoms with Gasteiger partial charge in [-0.1, -0.05) is 58.3 Å². The lowest BCUT2D eigenvalue weighted by molar-refractivity contribution is 0.535. The van der Waals surface area contributed by atoms with Gasteiger partial charge in [-0.25, -0.2) is 0 Å². The number of rotatable bonds is 10. The summed E-state index contributed by atoms with van der Waals surface area (Å²) in [5.74, 6) is 2.76. The van der Waals surface area contributed by atoms with Crippen molar-refractivity contribution >= 4 is 0 Å². The Morgan fingerprint density at radius 2 is 1.60 bits per heavy atom. The van der Waals surface area contributed by atoms with Crippen molar-refractivity contribution in [3.63, 3.8) is 0 Å². The van der Waals surface area contributed by atoms with Crippen molar-refractivity contribution in [2.75, 3.05) is 6.54 Å². The molecule has 1 nitrogen and oxygen atoms in total. The summed E-state index contributed by atoms with van der Waals surface area (Å²) in [5.41, 5.74) is 0. The molecule has 0 heterocycles. The normalized spacial score (nSPS) is 12.3. The zero-order valence-electron chi connectivity index (χ0n) is 10.5. The Morgan fingerprint density at radius 1 is 1.00 bits per heavy atom. The number of nitrogens with one attached hydrogen (secondary N) is 1. The Hall–Kier alpha value is -0.480. The highest BCUT2D eigenvalue weighted by molar-refractivity contribution is 4.97. The quantitative estimate of drug-likeness (QED) is 0.427. The zero-order chi connectivity index (χ0) is 11.4. The van der Waals surface area contributed by atoms with E-state index in [9.17, 15) is 0 Å². The van der Waals surface area contributed by atoms with E-state index in [0.29, 0.717) is 0 Å². The minimum absolute atomic E-state index is 0.282. The fourth-order valence-corrected chi connectivity index (χ4v) is 1.68. The van der Waals surface area contributed by atoms with Gasteiger partial charge in [0.2, 0.25) is 0 Å². The van der Waals surface area contributed by atoms with Gasteiger partial charge in [0.25, 0.3) is 0 Å². The van der Waals surface area contributed by atoms with Gasteiger partial charge < -0.3 is 5.32 Å². The highest BCUT2D eigenvalue weighted by Crippen LogP contribution is 2.06. The molecular formula is C14H27N. The molecule has 0 aromatic heterocycles. The van der Waals surface area contributed by atoms with Crippen LogP contribution in [0.3, 0.4) is 0 Å². The summed E-state index contributed by atoms with van der Waals surface area (Å²) in [6, 6.07) is 0.282. The Bertz CT molecular complexity index is 157. The smallest absolute Gasteiger partial charge is 0.0684 e. The van der Waals surface area contributed by atoms with Gasteiger partial charge in [0.1, 0.15) is 0 Å². The predicted octanol–water partition coefficient (Wildman–Crippen LogP) is 3.74. The highest BCUT2D eigenvalue weighted by Gasteiger charge is 1.98. The molecule has 0 radical (unpaired) electrons. The second-order valence-electron chi connectivity index (χ2n) is 4.20. The molecule has 1 N–H and O–H groups in total. The minimum Gasteiger partial charge on any atom is -0.304 e. The molecule has 1 atom stereocenters. The molecule has 88 valence electrons. The predicted molar refractivity (Wildman–Crippen MR) is 68.9 cm³/mol. The number of unbranched alkanes of at least 4 members (excludes halogenated alkanes) is 6. The molecule has 1 heteroatoms. The van der Waals surface area contributed by atoms with E-state index >= 15 is 0 Å². The maximum absolute atomic E-state index is 5.37. The molecule has 0 fully saturated rings. The Kier molecular flexibility index (Phi) is 11.2. The summed E-state index contributed by atoms with van der Waals surface area (Å²) in [4.78, 5) is 0. The number of hydrogen-bond acceptors (Lipinski definition) is 1. The van der Waals surface area contributed by atoms with Crippen LogP contribution in [0.1, 0.15) is 65.2 Å². The zero-order valence-corrected chi connectivity index (χ0v) is 10.5. The van der Waals surface area contributed by atoms with Gasteiger partial charge in [-0.05, 0) is 19.4 Å². The first-order valence-corrected chi connectivity index (χ1v) is 6.54. The fraction of sp³-hybridized carbons (Fsp3) is 0.857. The van der Waals surface area contributed by atoms with Gasteiger partial charge in [-0.15, -0.1) is 6.42 Å². The maximum atomic E-state index is 5.37. The van der Waals surface area contributed by atoms with Crippen molar-refractivity contribution in [3.05, 3.63) is 0 Å². The lowest BCUT2D eigenvalue weighted by Gasteiger charge is -2.09. The average molecular weight is 209 g/mol. The van der Waals surface area contributed by atoms with E-state index in [1.807, 2.05) is 0 Å². The van der Waals surface area contributed by atoms with Crippen LogP contribution in [-0.4, -0.2) is 12.6 Å². The van der Waals surface area contributed by atoms with E-state index in [1.165, 1.54) is 44.9 Å². The second kappa shape index (κ2) is 11.6. The Balaban J connectivity index is 3.08. The van der Waals surface area contributed by atoms with E-state index in [2.05, 4.69) is 25.1 Å². The van der Waals surface area contributed by atoms with E-state index in [0.717, 1.165) is 13.0 Å². The molecular weight excluding hydrogens is 182 g/mol. The maximum Gasteiger partial charge on any atom is 0.0684 e. The van der Waals surface area contributed by atoms with Crippen LogP contribution >= 0.6 is 0 Å². The van der Waals surface area contributed by atoms with Crippen LogP contribution in [0.15, 0.2) is 0 Å². The molecule has 0 aromatic rings. The van der Waals surface area contributed by atoms with Crippen LogP contribution in [0, 0.1) is 12.3 Å². The summed E-state index contributed by atoms with van der Waals surface area (Å²) < 4.78 is 0. The third kappa shape index (κ3) is 9.82. The first-order valence-electron chi connectivity index (χ1n) is 6.54. The average Bonchev–Trinajstić information content (AvgIpc) is 2.27. The summed E-state index contributed by atoms with van der Waals surface area (Å²) in [6.07, 6.45) is 15.9. The molecule has 1 unspecified atom stereocenters. The van der Waals surface area contributed by atoms with Crippen LogP contribution in [0.5, 0.6) is 0 Å². The molecule has 0 saturated carbocycles. The molecule has 0 spiro atoms. The van der Waals surface area contributed by atoms with E-state index in [1.54, 1.807) is 0 Å². The molecule has 0 aliphatic carbocycles. The topological polar surface area (TPSA) is 12.0 Å². The monoisotopic (exact) mass is 209 g/mol. The lowest BCUT2D eigenvalue weighted by atomic mass is 10.1. The standard InChI is InChI=1S/C14H27N/c1-4-7-8-9-10-11-12-13-15-14(5-2)6-3/h2,14-15H,4,6-13H2,1,3H3. The van der Waals surface area contributed by atoms with E-state index < -0.39 is 0 Å². The van der Waals surface area contributed by atoms with Gasteiger partial charge in [0.05, 0.1) is 6.04 Å². The van der Waals surface area contributed by atoms with Crippen molar-refractivity contribution in [2.45, 2.75) is 71.3 Å². The van der Waals surface area contributed by atoms with Gasteiger partial charge in [-0.2, -0.15) is 0 Å². The summed E-state index contributed by atoms with van der Waals surface area (Å²) in [6.45, 7) is 5.47. The van der Waals surface area contributed by atoms with Crippen molar-refractivity contribution < 1.29 is 0 Å². The molecule has 0 bridgehead atoms. The fourth-order valence-electron chi connectivity index (χ4n) is 1.68. The molecule has 0 aliphatic heterocycles. The molecule has 0 saturated heterocycles. The lowest BCUT2D eigenvalue weighted by Crippen LogP contribution is -2.27. The Labute approximate surface area is 96.0 Å². The number of hydrogen-bond donors (Lipinski definition) is 1. The van der Waals surface area contributed by atoms with Crippen molar-refractivity contribution in [3.8, 4) is 12.3 Å². The SMILES string of the molecule is C#CC(CC)NCCCCCCCCC. The largest absolute Gasteiger partial charge is 0.304 e. The molecule has 0 amide bonds. The van der Waals surface area contributed by atoms with Crippen LogP contribution < -0.4 is 5.32 Å². The van der Waals surface area contributed by atoms with Crippen LogP contribution in [0.2, 0.25) is 0 Å². The number of terminal acetylenes is 1. The van der Waals surface area contributed by atoms with Gasteiger partial charge in [0.15, 0.2) is 0 Å². The summed E-state index contributed by atoms with van der Waals surface area (Å²) in [7, 11) is 0. The third-order valence-electron chi connectivity index (χ3n) is 2.78. The summed E-state index contributed by atoms with van der Waals surface area (Å²) in [5, 5.41) is 3.39. The van der Waals surface area contributed by atoms with Crippen molar-refractivity contribution in [2.24, 2.45) is 0 Å². The van der Waals surface area contributed by atoms with Crippen molar-refractivity contribution in [1.82, 2.24) is 5.32 Å². The van der Waals surface area contributed by atoms with E-state index in [4.69, 9.17) is 6.42 Å². The highest BCUT2D eigenvalue weighted by atomic mass is 14.9. The Morgan fingerprint density at radius 3 is 2.13 bits per heavy atom. The molecule has 0 aliphatic rings. The van der Waals surface area contributed by atoms with Crippen molar-refractivity contribution in [1.29, 1.82) is 0 Å². The van der Waals surface area contributed by atoms with Gasteiger partial charge in [0, 0.05) is 0 Å². The second-order valence-corrected chi connectivity index (χ2v) is 4.20.